The lowest BCUT2D eigenvalue weighted by atomic mass is 10.0. The molecule has 0 aliphatic heterocycles. The second kappa shape index (κ2) is 8.98. The molecule has 0 aromatic heterocycles. The molecule has 1 aromatic carbocycles. The van der Waals surface area contributed by atoms with Gasteiger partial charge in [0.25, 0.3) is 0 Å². The van der Waals surface area contributed by atoms with E-state index < -0.39 is 0 Å². The van der Waals surface area contributed by atoms with Gasteiger partial charge in [-0.2, -0.15) is 9.98 Å². The predicted octanol–water partition coefficient (Wildman–Crippen LogP) is 4.27. The maximum atomic E-state index is 10.00. The highest BCUT2D eigenvalue weighted by Crippen LogP contribution is 2.23. The molecule has 100 valence electrons. The summed E-state index contributed by atoms with van der Waals surface area (Å²) < 4.78 is 0. The van der Waals surface area contributed by atoms with Gasteiger partial charge >= 0.3 is 0 Å². The van der Waals surface area contributed by atoms with Crippen molar-refractivity contribution in [2.75, 3.05) is 0 Å². The lowest BCUT2D eigenvalue weighted by molar-refractivity contribution is 0.504. The molecule has 1 aliphatic carbocycles. The Kier molecular flexibility index (Phi) is 7.11. The average molecular weight is 258 g/mol. The van der Waals surface area contributed by atoms with Crippen LogP contribution in [0.5, 0.6) is 0 Å². The van der Waals surface area contributed by atoms with Crippen molar-refractivity contribution in [1.82, 2.24) is 0 Å². The highest BCUT2D eigenvalue weighted by Gasteiger charge is 1.97. The number of hydrogen-bond donors (Lipinski definition) is 0. The Morgan fingerprint density at radius 3 is 1.89 bits per heavy atom. The summed E-state index contributed by atoms with van der Waals surface area (Å²) in [6.45, 7) is 1.80. The van der Waals surface area contributed by atoms with E-state index in [4.69, 9.17) is 0 Å². The van der Waals surface area contributed by atoms with Crippen molar-refractivity contribution in [2.45, 2.75) is 45.4 Å². The molecule has 1 saturated carbocycles. The van der Waals surface area contributed by atoms with Gasteiger partial charge in [0.05, 0.1) is 11.4 Å². The van der Waals surface area contributed by atoms with E-state index in [1.807, 2.05) is 0 Å². The van der Waals surface area contributed by atoms with Gasteiger partial charge in [-0.05, 0) is 24.6 Å². The Hall–Kier alpha value is -2.02. The van der Waals surface area contributed by atoms with Crippen LogP contribution in [0, 0.1) is 6.92 Å². The Morgan fingerprint density at radius 1 is 0.895 bits per heavy atom. The molecule has 1 aliphatic rings. The van der Waals surface area contributed by atoms with Crippen molar-refractivity contribution in [3.63, 3.8) is 0 Å². The van der Waals surface area contributed by atoms with Crippen molar-refractivity contribution in [1.29, 1.82) is 0 Å². The first-order valence-electron chi connectivity index (χ1n) is 6.54. The third kappa shape index (κ3) is 5.91. The molecule has 2 rings (SSSR count). The maximum Gasteiger partial charge on any atom is 0.240 e. The largest absolute Gasteiger partial charge is 0.240 e. The minimum atomic E-state index is 0.426. The molecule has 0 atom stereocenters. The van der Waals surface area contributed by atoms with Gasteiger partial charge in [-0.3, -0.25) is 0 Å². The van der Waals surface area contributed by atoms with Crippen LogP contribution in [0.1, 0.15) is 44.1 Å². The standard InChI is InChI=1S/C9H6N2O2.C6H12/c1-7-2-3-8(10-5-12)4-9(7)11-6-13;1-2-4-6-5-3-1/h2-4H,1H3;1-6H2. The van der Waals surface area contributed by atoms with Crippen LogP contribution in [0.25, 0.3) is 0 Å². The smallest absolute Gasteiger partial charge is 0.211 e. The predicted molar refractivity (Wildman–Crippen MR) is 74.4 cm³/mol. The fourth-order valence-electron chi connectivity index (χ4n) is 1.95. The molecule has 4 heteroatoms. The first-order chi connectivity index (χ1) is 9.27. The third-order valence-electron chi connectivity index (χ3n) is 3.03. The van der Waals surface area contributed by atoms with Crippen LogP contribution in [0.2, 0.25) is 0 Å². The number of rotatable bonds is 2. The SMILES string of the molecule is C1CCCCC1.Cc1ccc(N=C=O)cc1N=C=O. The number of isocyanates is 2. The van der Waals surface area contributed by atoms with E-state index in [-0.39, 0.29) is 0 Å². The fraction of sp³-hybridized carbons (Fsp3) is 0.467. The molecular weight excluding hydrogens is 240 g/mol. The van der Waals surface area contributed by atoms with E-state index in [1.165, 1.54) is 56.8 Å². The summed E-state index contributed by atoms with van der Waals surface area (Å²) in [5, 5.41) is 0. The zero-order valence-corrected chi connectivity index (χ0v) is 11.2. The molecule has 1 fully saturated rings. The van der Waals surface area contributed by atoms with Crippen molar-refractivity contribution in [2.24, 2.45) is 9.98 Å². The summed E-state index contributed by atoms with van der Waals surface area (Å²) in [4.78, 5) is 26.8. The van der Waals surface area contributed by atoms with Crippen LogP contribution in [0.15, 0.2) is 28.2 Å². The summed E-state index contributed by atoms with van der Waals surface area (Å²) in [6, 6.07) is 4.88. The first kappa shape index (κ1) is 15.0. The minimum absolute atomic E-state index is 0.426. The summed E-state index contributed by atoms with van der Waals surface area (Å²) in [5.74, 6) is 0. The Labute approximate surface area is 113 Å². The van der Waals surface area contributed by atoms with Gasteiger partial charge in [0.15, 0.2) is 0 Å². The summed E-state index contributed by atoms with van der Waals surface area (Å²) in [7, 11) is 0. The number of benzene rings is 1. The van der Waals surface area contributed by atoms with E-state index in [0.717, 1.165) is 5.56 Å². The van der Waals surface area contributed by atoms with E-state index in [0.29, 0.717) is 11.4 Å². The van der Waals surface area contributed by atoms with Crippen LogP contribution in [0.4, 0.5) is 11.4 Å². The maximum absolute atomic E-state index is 10.00. The van der Waals surface area contributed by atoms with Crippen LogP contribution in [-0.2, 0) is 9.59 Å². The van der Waals surface area contributed by atoms with Gasteiger partial charge in [0.2, 0.25) is 12.2 Å². The quantitative estimate of drug-likeness (QED) is 0.587. The number of hydrogen-bond acceptors (Lipinski definition) is 4. The average Bonchev–Trinajstić information content (AvgIpc) is 2.46. The third-order valence-corrected chi connectivity index (χ3v) is 3.03. The minimum Gasteiger partial charge on any atom is -0.211 e. The summed E-state index contributed by atoms with van der Waals surface area (Å²) in [6.07, 6.45) is 11.8. The number of aryl methyl sites for hydroxylation is 1. The van der Waals surface area contributed by atoms with E-state index >= 15 is 0 Å². The Morgan fingerprint density at radius 2 is 1.42 bits per heavy atom. The van der Waals surface area contributed by atoms with Crippen molar-refractivity contribution >= 4 is 23.5 Å². The molecule has 0 heterocycles. The highest BCUT2D eigenvalue weighted by atomic mass is 16.1. The van der Waals surface area contributed by atoms with Gasteiger partial charge in [-0.15, -0.1) is 0 Å². The molecule has 4 nitrogen and oxygen atoms in total. The second-order valence-electron chi connectivity index (χ2n) is 4.50. The molecule has 0 saturated heterocycles. The summed E-state index contributed by atoms with van der Waals surface area (Å²) >= 11 is 0. The Bertz CT molecular complexity index is 483. The Balaban J connectivity index is 0.000000250. The van der Waals surface area contributed by atoms with Gasteiger partial charge in [0, 0.05) is 0 Å². The second-order valence-corrected chi connectivity index (χ2v) is 4.50. The van der Waals surface area contributed by atoms with E-state index in [9.17, 15) is 9.59 Å². The van der Waals surface area contributed by atoms with Gasteiger partial charge in [0.1, 0.15) is 0 Å². The molecule has 19 heavy (non-hydrogen) atoms. The molecule has 0 radical (unpaired) electrons. The van der Waals surface area contributed by atoms with Crippen molar-refractivity contribution < 1.29 is 9.59 Å². The molecule has 0 unspecified atom stereocenters. The zero-order valence-electron chi connectivity index (χ0n) is 11.2. The zero-order chi connectivity index (χ0) is 13.9. The van der Waals surface area contributed by atoms with E-state index in [1.54, 1.807) is 19.1 Å². The molecule has 0 bridgehead atoms. The van der Waals surface area contributed by atoms with Crippen LogP contribution < -0.4 is 0 Å². The fourth-order valence-corrected chi connectivity index (χ4v) is 1.95. The van der Waals surface area contributed by atoms with Crippen molar-refractivity contribution in [3.8, 4) is 0 Å². The van der Waals surface area contributed by atoms with Crippen LogP contribution >= 0.6 is 0 Å². The monoisotopic (exact) mass is 258 g/mol. The highest BCUT2D eigenvalue weighted by molar-refractivity contribution is 5.61. The van der Waals surface area contributed by atoms with E-state index in [2.05, 4.69) is 9.98 Å². The van der Waals surface area contributed by atoms with Crippen molar-refractivity contribution in [3.05, 3.63) is 23.8 Å². The van der Waals surface area contributed by atoms with Crippen LogP contribution in [0.3, 0.4) is 0 Å². The lowest BCUT2D eigenvalue weighted by Gasteiger charge is -2.05. The topological polar surface area (TPSA) is 58.9 Å². The number of carbonyl (C=O) groups excluding carboxylic acids is 2. The number of nitrogens with zero attached hydrogens (tertiary/aromatic N) is 2. The lowest BCUT2D eigenvalue weighted by Crippen LogP contribution is -1.85. The first-order valence-corrected chi connectivity index (χ1v) is 6.54. The molecule has 0 N–H and O–H groups in total. The number of aliphatic imine (C=N–C) groups is 2. The van der Waals surface area contributed by atoms with Gasteiger partial charge < -0.3 is 0 Å². The molecular formula is C15H18N2O2. The normalized spacial score (nSPS) is 13.3. The van der Waals surface area contributed by atoms with Crippen LogP contribution in [-0.4, -0.2) is 12.2 Å². The molecule has 0 amide bonds. The molecule has 0 spiro atoms. The van der Waals surface area contributed by atoms with Gasteiger partial charge in [-0.1, -0.05) is 44.6 Å². The summed E-state index contributed by atoms with van der Waals surface area (Å²) in [5.41, 5.74) is 1.72. The van der Waals surface area contributed by atoms with Gasteiger partial charge in [-0.25, -0.2) is 9.59 Å². The molecule has 1 aromatic rings.